The van der Waals surface area contributed by atoms with E-state index in [2.05, 4.69) is 31.4 Å². The smallest absolute Gasteiger partial charge is 0.343 e. The van der Waals surface area contributed by atoms with Crippen molar-refractivity contribution in [2.45, 2.75) is 44.4 Å². The van der Waals surface area contributed by atoms with E-state index in [9.17, 15) is 9.59 Å². The maximum absolute atomic E-state index is 12.2. The number of nitrogens with zero attached hydrogens (tertiary/aromatic N) is 2. The first-order valence-electron chi connectivity index (χ1n) is 7.88. The van der Waals surface area contributed by atoms with Crippen LogP contribution in [0.15, 0.2) is 38.7 Å². The summed E-state index contributed by atoms with van der Waals surface area (Å²) in [5.74, 6) is 0.148. The number of thioether (sulfide) groups is 1. The van der Waals surface area contributed by atoms with E-state index in [0.717, 1.165) is 22.9 Å². The molecule has 6 nitrogen and oxygen atoms in total. The van der Waals surface area contributed by atoms with Crippen LogP contribution in [0.4, 0.5) is 0 Å². The minimum Gasteiger partial charge on any atom is -0.349 e. The minimum absolute atomic E-state index is 0.0248. The van der Waals surface area contributed by atoms with E-state index >= 15 is 0 Å². The molecule has 0 bridgehead atoms. The standard InChI is InChI=1S/C16H21BrN4O2S/c1-3-9-21-15(23)19-20-16(21)24-10-14(22)18-13(4-2)11-5-7-12(17)8-6-11/h5-8,13H,3-4,9-10H2,1-2H3,(H,18,22)(H,19,23)/t13-/m1/s1. The lowest BCUT2D eigenvalue weighted by molar-refractivity contribution is -0.119. The fourth-order valence-electron chi connectivity index (χ4n) is 2.32. The summed E-state index contributed by atoms with van der Waals surface area (Å²) in [4.78, 5) is 23.9. The van der Waals surface area contributed by atoms with Gasteiger partial charge in [0, 0.05) is 11.0 Å². The molecule has 0 aliphatic carbocycles. The van der Waals surface area contributed by atoms with Gasteiger partial charge in [0.1, 0.15) is 0 Å². The molecule has 130 valence electrons. The van der Waals surface area contributed by atoms with Crippen molar-refractivity contribution in [2.24, 2.45) is 0 Å². The van der Waals surface area contributed by atoms with E-state index in [0.29, 0.717) is 11.7 Å². The zero-order chi connectivity index (χ0) is 17.5. The normalized spacial score (nSPS) is 12.1. The third kappa shape index (κ3) is 4.98. The maximum atomic E-state index is 12.2. The first-order chi connectivity index (χ1) is 11.5. The summed E-state index contributed by atoms with van der Waals surface area (Å²) in [5.41, 5.74) is 0.836. The predicted octanol–water partition coefficient (Wildman–Crippen LogP) is 3.10. The molecule has 0 spiro atoms. The molecule has 2 rings (SSSR count). The van der Waals surface area contributed by atoms with Crippen LogP contribution in [0.5, 0.6) is 0 Å². The summed E-state index contributed by atoms with van der Waals surface area (Å²) in [6, 6.07) is 7.90. The number of aromatic nitrogens is 3. The first kappa shape index (κ1) is 18.8. The van der Waals surface area contributed by atoms with Crippen molar-refractivity contribution < 1.29 is 4.79 Å². The van der Waals surface area contributed by atoms with Crippen molar-refractivity contribution in [3.05, 3.63) is 44.8 Å². The maximum Gasteiger partial charge on any atom is 0.343 e. The number of rotatable bonds is 8. The molecule has 0 saturated carbocycles. The topological polar surface area (TPSA) is 79.8 Å². The Morgan fingerprint density at radius 1 is 1.38 bits per heavy atom. The van der Waals surface area contributed by atoms with Gasteiger partial charge in [0.05, 0.1) is 11.8 Å². The van der Waals surface area contributed by atoms with E-state index in [4.69, 9.17) is 0 Å². The Morgan fingerprint density at radius 2 is 2.08 bits per heavy atom. The summed E-state index contributed by atoms with van der Waals surface area (Å²) in [7, 11) is 0. The molecule has 0 fully saturated rings. The zero-order valence-corrected chi connectivity index (χ0v) is 16.1. The van der Waals surface area contributed by atoms with Crippen LogP contribution in [-0.2, 0) is 11.3 Å². The second kappa shape index (κ2) is 9.08. The molecule has 1 atom stereocenters. The molecule has 0 aliphatic rings. The second-order valence-corrected chi connectivity index (χ2v) is 7.19. The Hall–Kier alpha value is -1.54. The number of hydrogen-bond acceptors (Lipinski definition) is 4. The third-order valence-corrected chi connectivity index (χ3v) is 5.02. The van der Waals surface area contributed by atoms with Crippen molar-refractivity contribution in [1.29, 1.82) is 0 Å². The van der Waals surface area contributed by atoms with E-state index in [1.54, 1.807) is 4.57 Å². The summed E-state index contributed by atoms with van der Waals surface area (Å²) < 4.78 is 2.57. The highest BCUT2D eigenvalue weighted by atomic mass is 79.9. The lowest BCUT2D eigenvalue weighted by atomic mass is 10.0. The molecule has 0 saturated heterocycles. The van der Waals surface area contributed by atoms with Crippen LogP contribution in [0.25, 0.3) is 0 Å². The Labute approximate surface area is 153 Å². The minimum atomic E-state index is -0.235. The van der Waals surface area contributed by atoms with E-state index in [-0.39, 0.29) is 23.4 Å². The highest BCUT2D eigenvalue weighted by Crippen LogP contribution is 2.20. The molecule has 1 heterocycles. The molecule has 1 amide bonds. The van der Waals surface area contributed by atoms with Gasteiger partial charge >= 0.3 is 5.69 Å². The molecule has 2 aromatic rings. The highest BCUT2D eigenvalue weighted by Gasteiger charge is 2.15. The van der Waals surface area contributed by atoms with Gasteiger partial charge < -0.3 is 5.32 Å². The fourth-order valence-corrected chi connectivity index (χ4v) is 3.36. The lowest BCUT2D eigenvalue weighted by Gasteiger charge is -2.17. The largest absolute Gasteiger partial charge is 0.349 e. The average molecular weight is 413 g/mol. The van der Waals surface area contributed by atoms with Gasteiger partial charge in [0.2, 0.25) is 5.91 Å². The molecule has 0 radical (unpaired) electrons. The number of amides is 1. The van der Waals surface area contributed by atoms with Crippen LogP contribution in [0, 0.1) is 0 Å². The molecule has 8 heteroatoms. The Kier molecular flexibility index (Phi) is 7.11. The van der Waals surface area contributed by atoms with Crippen molar-refractivity contribution >= 4 is 33.6 Å². The molecule has 24 heavy (non-hydrogen) atoms. The van der Waals surface area contributed by atoms with Gasteiger partial charge in [-0.2, -0.15) is 0 Å². The monoisotopic (exact) mass is 412 g/mol. The zero-order valence-electron chi connectivity index (χ0n) is 13.7. The van der Waals surface area contributed by atoms with Crippen molar-refractivity contribution in [1.82, 2.24) is 20.1 Å². The van der Waals surface area contributed by atoms with Crippen LogP contribution >= 0.6 is 27.7 Å². The van der Waals surface area contributed by atoms with Gasteiger partial charge in [-0.05, 0) is 30.5 Å². The molecule has 2 N–H and O–H groups in total. The van der Waals surface area contributed by atoms with Gasteiger partial charge in [-0.25, -0.2) is 9.89 Å². The lowest BCUT2D eigenvalue weighted by Crippen LogP contribution is -2.29. The SMILES string of the molecule is CCCn1c(SCC(=O)N[C@H](CC)c2ccc(Br)cc2)n[nH]c1=O. The third-order valence-electron chi connectivity index (χ3n) is 3.52. The Morgan fingerprint density at radius 3 is 2.71 bits per heavy atom. The van der Waals surface area contributed by atoms with Crippen molar-refractivity contribution in [3.8, 4) is 0 Å². The summed E-state index contributed by atoms with van der Waals surface area (Å²) >= 11 is 4.68. The van der Waals surface area contributed by atoms with Gasteiger partial charge in [0.15, 0.2) is 5.16 Å². The van der Waals surface area contributed by atoms with Crippen molar-refractivity contribution in [3.63, 3.8) is 0 Å². The Bertz CT molecular complexity index is 726. The van der Waals surface area contributed by atoms with Gasteiger partial charge in [-0.1, -0.05) is 53.7 Å². The number of benzene rings is 1. The number of hydrogen-bond donors (Lipinski definition) is 2. The Balaban J connectivity index is 1.95. The van der Waals surface area contributed by atoms with Crippen LogP contribution in [-0.4, -0.2) is 26.4 Å². The molecular weight excluding hydrogens is 392 g/mol. The number of H-pyrrole nitrogens is 1. The first-order valence-corrected chi connectivity index (χ1v) is 9.65. The van der Waals surface area contributed by atoms with Crippen LogP contribution < -0.4 is 11.0 Å². The van der Waals surface area contributed by atoms with Crippen LogP contribution in [0.3, 0.4) is 0 Å². The fraction of sp³-hybridized carbons (Fsp3) is 0.438. The van der Waals surface area contributed by atoms with E-state index < -0.39 is 0 Å². The van der Waals surface area contributed by atoms with Gasteiger partial charge in [-0.15, -0.1) is 5.10 Å². The number of aromatic amines is 1. The van der Waals surface area contributed by atoms with E-state index in [1.165, 1.54) is 11.8 Å². The summed E-state index contributed by atoms with van der Waals surface area (Å²) in [6.07, 6.45) is 1.64. The van der Waals surface area contributed by atoms with Gasteiger partial charge in [-0.3, -0.25) is 9.36 Å². The van der Waals surface area contributed by atoms with Crippen LogP contribution in [0.2, 0.25) is 0 Å². The molecule has 1 aromatic carbocycles. The molecular formula is C16H21BrN4O2S. The van der Waals surface area contributed by atoms with Gasteiger partial charge in [0.25, 0.3) is 0 Å². The molecule has 0 unspecified atom stereocenters. The average Bonchev–Trinajstić information content (AvgIpc) is 2.92. The number of halogens is 1. The number of carbonyl (C=O) groups is 1. The molecule has 1 aromatic heterocycles. The van der Waals surface area contributed by atoms with Crippen molar-refractivity contribution in [2.75, 3.05) is 5.75 Å². The summed E-state index contributed by atoms with van der Waals surface area (Å²) in [6.45, 7) is 4.62. The van der Waals surface area contributed by atoms with E-state index in [1.807, 2.05) is 38.1 Å². The second-order valence-electron chi connectivity index (χ2n) is 5.33. The quantitative estimate of drug-likeness (QED) is 0.652. The molecule has 0 aliphatic heterocycles. The number of carbonyl (C=O) groups excluding carboxylic acids is 1. The highest BCUT2D eigenvalue weighted by molar-refractivity contribution is 9.10. The predicted molar refractivity (Wildman–Crippen MR) is 99.2 cm³/mol. The number of nitrogens with one attached hydrogen (secondary N) is 2. The van der Waals surface area contributed by atoms with Crippen LogP contribution in [0.1, 0.15) is 38.3 Å². The summed E-state index contributed by atoms with van der Waals surface area (Å²) in [5, 5.41) is 9.99.